The van der Waals surface area contributed by atoms with Crippen LogP contribution in [0.1, 0.15) is 44.6 Å². The molecule has 1 aliphatic carbocycles. The van der Waals surface area contributed by atoms with Crippen molar-refractivity contribution in [2.75, 3.05) is 20.3 Å². The lowest BCUT2D eigenvalue weighted by Crippen LogP contribution is -2.37. The molecule has 1 fully saturated rings. The number of hydrogen-bond donors (Lipinski definition) is 2. The Labute approximate surface area is 154 Å². The Morgan fingerprint density at radius 1 is 1.23 bits per heavy atom. The van der Waals surface area contributed by atoms with Crippen LogP contribution in [-0.2, 0) is 16.0 Å². The maximum atomic E-state index is 12.1. The van der Waals surface area contributed by atoms with Crippen LogP contribution in [0, 0.1) is 11.8 Å². The quantitative estimate of drug-likeness (QED) is 0.704. The third kappa shape index (κ3) is 5.64. The van der Waals surface area contributed by atoms with E-state index in [-0.39, 0.29) is 17.7 Å². The van der Waals surface area contributed by atoms with E-state index in [0.717, 1.165) is 24.8 Å². The highest BCUT2D eigenvalue weighted by Gasteiger charge is 2.30. The number of carbonyl (C=O) groups excluding carboxylic acids is 1. The number of carboxylic acid groups (broad SMARTS) is 1. The fourth-order valence-electron chi connectivity index (χ4n) is 3.51. The highest BCUT2D eigenvalue weighted by molar-refractivity contribution is 5.76. The lowest BCUT2D eigenvalue weighted by molar-refractivity contribution is -0.145. The zero-order valence-electron chi connectivity index (χ0n) is 15.6. The molecule has 0 spiro atoms. The van der Waals surface area contributed by atoms with Crippen molar-refractivity contribution in [3.05, 3.63) is 23.8 Å². The Kier molecular flexibility index (Phi) is 7.75. The molecular formula is C20H29NO5. The predicted octanol–water partition coefficient (Wildman–Crippen LogP) is 3.03. The fraction of sp³-hybridized carbons (Fsp3) is 0.600. The van der Waals surface area contributed by atoms with Crippen molar-refractivity contribution in [3.63, 3.8) is 0 Å². The second-order valence-electron chi connectivity index (χ2n) is 6.71. The maximum Gasteiger partial charge on any atom is 0.306 e. The van der Waals surface area contributed by atoms with Gasteiger partial charge in [0.15, 0.2) is 11.5 Å². The van der Waals surface area contributed by atoms with E-state index in [9.17, 15) is 14.7 Å². The Balaban J connectivity index is 1.82. The molecule has 1 aromatic carbocycles. The summed E-state index contributed by atoms with van der Waals surface area (Å²) in [6.07, 6.45) is 4.54. The summed E-state index contributed by atoms with van der Waals surface area (Å²) in [6.45, 7) is 2.93. The van der Waals surface area contributed by atoms with E-state index in [1.807, 2.05) is 25.1 Å². The molecule has 0 bridgehead atoms. The number of carbonyl (C=O) groups is 2. The molecule has 2 N–H and O–H groups in total. The van der Waals surface area contributed by atoms with Gasteiger partial charge in [-0.1, -0.05) is 18.9 Å². The van der Waals surface area contributed by atoms with Gasteiger partial charge in [-0.2, -0.15) is 0 Å². The van der Waals surface area contributed by atoms with Gasteiger partial charge in [-0.15, -0.1) is 0 Å². The molecule has 0 aliphatic heterocycles. The number of carboxylic acids is 1. The van der Waals surface area contributed by atoms with Crippen LogP contribution in [0.5, 0.6) is 11.5 Å². The van der Waals surface area contributed by atoms with Crippen molar-refractivity contribution in [1.82, 2.24) is 5.32 Å². The minimum Gasteiger partial charge on any atom is -0.493 e. The molecule has 6 nitrogen and oxygen atoms in total. The average Bonchev–Trinajstić information content (AvgIpc) is 2.65. The third-order valence-electron chi connectivity index (χ3n) is 4.96. The minimum atomic E-state index is -0.745. The summed E-state index contributed by atoms with van der Waals surface area (Å²) < 4.78 is 10.8. The van der Waals surface area contributed by atoms with Gasteiger partial charge in [0.05, 0.1) is 19.6 Å². The molecule has 1 saturated carbocycles. The number of benzene rings is 1. The van der Waals surface area contributed by atoms with E-state index < -0.39 is 5.97 Å². The Morgan fingerprint density at radius 3 is 2.69 bits per heavy atom. The second-order valence-corrected chi connectivity index (χ2v) is 6.71. The van der Waals surface area contributed by atoms with E-state index in [2.05, 4.69) is 5.32 Å². The highest BCUT2D eigenvalue weighted by Crippen LogP contribution is 2.30. The molecule has 2 atom stereocenters. The van der Waals surface area contributed by atoms with Crippen LogP contribution in [0.25, 0.3) is 0 Å². The number of nitrogens with one attached hydrogen (secondary N) is 1. The van der Waals surface area contributed by atoms with Gasteiger partial charge in [-0.05, 0) is 49.8 Å². The zero-order valence-corrected chi connectivity index (χ0v) is 15.6. The molecule has 0 radical (unpaired) electrons. The molecule has 1 aromatic rings. The predicted molar refractivity (Wildman–Crippen MR) is 98.6 cm³/mol. The average molecular weight is 363 g/mol. The van der Waals surface area contributed by atoms with Crippen molar-refractivity contribution >= 4 is 11.9 Å². The standard InChI is InChI=1S/C20H29NO5/c1-3-26-17-10-8-14(12-18(17)25-2)9-11-19(22)21-13-15-6-4-5-7-16(15)20(23)24/h8,10,12,15-16H,3-7,9,11,13H2,1-2H3,(H,21,22)(H,23,24)/t15-,16-/m0/s1. The summed E-state index contributed by atoms with van der Waals surface area (Å²) in [5.74, 6) is 0.268. The van der Waals surface area contributed by atoms with Gasteiger partial charge in [0, 0.05) is 13.0 Å². The van der Waals surface area contributed by atoms with Crippen LogP contribution in [0.15, 0.2) is 18.2 Å². The topological polar surface area (TPSA) is 84.9 Å². The molecule has 0 saturated heterocycles. The van der Waals surface area contributed by atoms with Crippen molar-refractivity contribution < 1.29 is 24.2 Å². The first-order valence-corrected chi connectivity index (χ1v) is 9.34. The van der Waals surface area contributed by atoms with E-state index >= 15 is 0 Å². The zero-order chi connectivity index (χ0) is 18.9. The van der Waals surface area contributed by atoms with Crippen LogP contribution in [0.2, 0.25) is 0 Å². The van der Waals surface area contributed by atoms with Gasteiger partial charge < -0.3 is 19.9 Å². The van der Waals surface area contributed by atoms with Crippen molar-refractivity contribution in [1.29, 1.82) is 0 Å². The first-order valence-electron chi connectivity index (χ1n) is 9.34. The van der Waals surface area contributed by atoms with Crippen molar-refractivity contribution in [2.24, 2.45) is 11.8 Å². The molecule has 1 aliphatic rings. The number of hydrogen-bond acceptors (Lipinski definition) is 4. The summed E-state index contributed by atoms with van der Waals surface area (Å²) in [7, 11) is 1.59. The fourth-order valence-corrected chi connectivity index (χ4v) is 3.51. The van der Waals surface area contributed by atoms with Gasteiger partial charge in [0.1, 0.15) is 0 Å². The van der Waals surface area contributed by atoms with E-state index in [1.165, 1.54) is 0 Å². The van der Waals surface area contributed by atoms with Gasteiger partial charge in [0.2, 0.25) is 5.91 Å². The van der Waals surface area contributed by atoms with Crippen LogP contribution >= 0.6 is 0 Å². The Hall–Kier alpha value is -2.24. The third-order valence-corrected chi connectivity index (χ3v) is 4.96. The summed E-state index contributed by atoms with van der Waals surface area (Å²) >= 11 is 0. The molecule has 6 heteroatoms. The smallest absolute Gasteiger partial charge is 0.306 e. The van der Waals surface area contributed by atoms with E-state index in [1.54, 1.807) is 7.11 Å². The summed E-state index contributed by atoms with van der Waals surface area (Å²) in [4.78, 5) is 23.5. The van der Waals surface area contributed by atoms with E-state index in [0.29, 0.717) is 43.9 Å². The molecule has 0 heterocycles. The monoisotopic (exact) mass is 363 g/mol. The van der Waals surface area contributed by atoms with Crippen LogP contribution in [0.4, 0.5) is 0 Å². The van der Waals surface area contributed by atoms with Crippen LogP contribution < -0.4 is 14.8 Å². The summed E-state index contributed by atoms with van der Waals surface area (Å²) in [5, 5.41) is 12.2. The SMILES string of the molecule is CCOc1ccc(CCC(=O)NC[C@@H]2CCCC[C@@H]2C(=O)O)cc1OC. The maximum absolute atomic E-state index is 12.1. The number of ether oxygens (including phenoxy) is 2. The molecule has 144 valence electrons. The molecule has 2 rings (SSSR count). The Morgan fingerprint density at radius 2 is 2.00 bits per heavy atom. The summed E-state index contributed by atoms with van der Waals surface area (Å²) in [6, 6.07) is 5.68. The lowest BCUT2D eigenvalue weighted by Gasteiger charge is -2.28. The number of aryl methyl sites for hydroxylation is 1. The highest BCUT2D eigenvalue weighted by atomic mass is 16.5. The van der Waals surface area contributed by atoms with Crippen LogP contribution in [0.3, 0.4) is 0 Å². The van der Waals surface area contributed by atoms with Gasteiger partial charge in [0.25, 0.3) is 0 Å². The first kappa shape index (κ1) is 20.1. The molecule has 0 unspecified atom stereocenters. The van der Waals surface area contributed by atoms with Crippen LogP contribution in [-0.4, -0.2) is 37.2 Å². The number of amides is 1. The lowest BCUT2D eigenvalue weighted by atomic mass is 9.79. The molecular weight excluding hydrogens is 334 g/mol. The molecule has 26 heavy (non-hydrogen) atoms. The molecule has 0 aromatic heterocycles. The number of rotatable bonds is 9. The minimum absolute atomic E-state index is 0.0378. The normalized spacial score (nSPS) is 19.6. The summed E-state index contributed by atoms with van der Waals surface area (Å²) in [5.41, 5.74) is 1.00. The van der Waals surface area contributed by atoms with Gasteiger partial charge >= 0.3 is 5.97 Å². The van der Waals surface area contributed by atoms with Crippen molar-refractivity contribution in [2.45, 2.75) is 45.4 Å². The van der Waals surface area contributed by atoms with E-state index in [4.69, 9.17) is 9.47 Å². The Bertz CT molecular complexity index is 616. The second kappa shape index (κ2) is 10.0. The molecule has 1 amide bonds. The van der Waals surface area contributed by atoms with Gasteiger partial charge in [-0.25, -0.2) is 0 Å². The number of methoxy groups -OCH3 is 1. The number of aliphatic carboxylic acids is 1. The first-order chi connectivity index (χ1) is 12.5. The van der Waals surface area contributed by atoms with Crippen molar-refractivity contribution in [3.8, 4) is 11.5 Å². The van der Waals surface area contributed by atoms with Gasteiger partial charge in [-0.3, -0.25) is 9.59 Å². The largest absolute Gasteiger partial charge is 0.493 e.